The number of likely N-dealkylation sites (N-methyl/N-ethyl adjacent to an activating group) is 2. The molecule has 60 heavy (non-hydrogen) atoms. The second-order valence-corrected chi connectivity index (χ2v) is 22.9. The maximum Gasteiger partial charge on any atom is 0.332 e. The second-order valence-electron chi connectivity index (χ2n) is 18.7. The highest BCUT2D eigenvalue weighted by atomic mass is 79.9. The number of nitrogens with zero attached hydrogens (tertiary/aromatic N) is 3. The molecule has 3 saturated heterocycles. The lowest BCUT2D eigenvalue weighted by atomic mass is 9.69. The van der Waals surface area contributed by atoms with E-state index in [0.717, 1.165) is 24.8 Å². The molecular formula is C43H69BrN4O10S2. The van der Waals surface area contributed by atoms with Crippen LogP contribution in [0, 0.1) is 11.8 Å². The number of allylic oxidation sites excluding steroid dienone is 1. The molecule has 340 valence electrons. The number of aliphatic imine (C=N–C) groups is 1. The molecule has 1 aliphatic carbocycles. The molecule has 0 aromatic heterocycles. The lowest BCUT2D eigenvalue weighted by molar-refractivity contribution is -0.260. The number of ether oxygens (including phenoxy) is 6. The number of halogens is 1. The summed E-state index contributed by atoms with van der Waals surface area (Å²) in [5, 5.41) is 16.1. The Bertz CT molecular complexity index is 1710. The first kappa shape index (κ1) is 48.2. The number of ketones is 1. The molecule has 0 spiro atoms. The van der Waals surface area contributed by atoms with Crippen LogP contribution in [-0.2, 0) is 48.8 Å². The molecular weight excluding hydrogens is 877 g/mol. The van der Waals surface area contributed by atoms with E-state index >= 15 is 0 Å². The minimum atomic E-state index is -1.84. The third-order valence-electron chi connectivity index (χ3n) is 14.0. The molecule has 6 aliphatic heterocycles. The van der Waals surface area contributed by atoms with Crippen molar-refractivity contribution in [3.63, 3.8) is 0 Å². The average molecular weight is 946 g/mol. The number of esters is 1. The first-order chi connectivity index (χ1) is 28.1. The van der Waals surface area contributed by atoms with Crippen LogP contribution in [0.3, 0.4) is 0 Å². The summed E-state index contributed by atoms with van der Waals surface area (Å²) >= 11 is 5.40. The van der Waals surface area contributed by atoms with E-state index in [4.69, 9.17) is 33.4 Å². The van der Waals surface area contributed by atoms with Crippen LogP contribution in [0.2, 0.25) is 0 Å². The maximum atomic E-state index is 14.6. The zero-order chi connectivity index (χ0) is 44.1. The van der Waals surface area contributed by atoms with Gasteiger partial charge in [-0.15, -0.1) is 11.8 Å². The molecule has 1 unspecified atom stereocenters. The van der Waals surface area contributed by atoms with Crippen molar-refractivity contribution in [2.45, 2.75) is 176 Å². The van der Waals surface area contributed by atoms with E-state index in [1.165, 1.54) is 24.9 Å². The van der Waals surface area contributed by atoms with Crippen molar-refractivity contribution in [3.05, 3.63) is 22.8 Å². The van der Waals surface area contributed by atoms with E-state index in [9.17, 15) is 18.9 Å². The van der Waals surface area contributed by atoms with Crippen LogP contribution >= 0.6 is 27.7 Å². The number of fused-ring (bicyclic) bond motifs is 9. The Balaban J connectivity index is 1.37. The van der Waals surface area contributed by atoms with Gasteiger partial charge in [0.1, 0.15) is 27.5 Å². The van der Waals surface area contributed by atoms with Crippen molar-refractivity contribution in [1.82, 2.24) is 15.1 Å². The Morgan fingerprint density at radius 1 is 0.983 bits per heavy atom. The highest BCUT2D eigenvalue weighted by Crippen LogP contribution is 2.48. The van der Waals surface area contributed by atoms with Gasteiger partial charge in [-0.3, -0.25) is 9.79 Å². The Labute approximate surface area is 372 Å². The largest absolute Gasteiger partial charge is 0.459 e. The van der Waals surface area contributed by atoms with Gasteiger partial charge in [-0.25, -0.2) is 9.00 Å². The summed E-state index contributed by atoms with van der Waals surface area (Å²) in [6, 6.07) is -0.357. The number of nitrogens with one attached hydrogen (secondary N) is 1. The highest BCUT2D eigenvalue weighted by Gasteiger charge is 2.56. The average Bonchev–Trinajstić information content (AvgIpc) is 3.77. The van der Waals surface area contributed by atoms with Gasteiger partial charge in [0.2, 0.25) is 0 Å². The Hall–Kier alpha value is -1.25. The molecule has 7 rings (SSSR count). The topological polar surface area (TPSA) is 158 Å². The van der Waals surface area contributed by atoms with E-state index in [1.807, 2.05) is 34.9 Å². The number of carbonyl (C=O) groups is 2. The molecule has 6 bridgehead atoms. The van der Waals surface area contributed by atoms with E-state index < -0.39 is 74.3 Å². The zero-order valence-corrected chi connectivity index (χ0v) is 40.7. The van der Waals surface area contributed by atoms with E-state index in [-0.39, 0.29) is 53.7 Å². The van der Waals surface area contributed by atoms with Crippen LogP contribution < -0.4 is 5.32 Å². The standard InChI is InChI=1S/C43H69BrN4O10S2/c1-23-13-16-32(49)43(7,58-37-18-15-30(48(10)11)26(4)55-37)33(50)21-35-46-42(6,40(53-12)60(35)52)39-45-28(22-59-39)38(51)57-34-20-31(27(19-23)24(2)41(34,5)44)56-36-17-14-29(47(8)9)25(3)54-36/h19,21,24-32,34,36-37,40,46,49H,13-18,20,22H2,1-12H3/b23-19-,35-21+/t24-,25-,26-,27-,28+,29+,30+,31-,32-,34-,36+,37+,40+,41+,42+,43-,60?/m1/s1. The van der Waals surface area contributed by atoms with Crippen molar-refractivity contribution in [2.75, 3.05) is 41.1 Å². The van der Waals surface area contributed by atoms with Gasteiger partial charge < -0.3 is 48.6 Å². The molecule has 2 N–H and O–H groups in total. The molecule has 0 aromatic carbocycles. The van der Waals surface area contributed by atoms with Gasteiger partial charge in [0.05, 0.1) is 33.8 Å². The highest BCUT2D eigenvalue weighted by molar-refractivity contribution is 9.10. The van der Waals surface area contributed by atoms with Gasteiger partial charge in [0.15, 0.2) is 35.4 Å². The molecule has 7 aliphatic rings. The molecule has 4 fully saturated rings. The van der Waals surface area contributed by atoms with Crippen LogP contribution in [0.4, 0.5) is 0 Å². The first-order valence-electron chi connectivity index (χ1n) is 21.5. The minimum Gasteiger partial charge on any atom is -0.459 e. The van der Waals surface area contributed by atoms with Gasteiger partial charge in [-0.05, 0) is 108 Å². The lowest BCUT2D eigenvalue weighted by Crippen LogP contribution is -2.56. The van der Waals surface area contributed by atoms with Crippen molar-refractivity contribution in [1.29, 1.82) is 0 Å². The SMILES string of the molecule is CO[C@H]1S(=O)/C2=C/C(=O)[C@](C)(O[C@H]3CC[C@H](N(C)C)[C@@H](C)O3)[C@H](O)CC/C(C)=C\[C@@H]3[C@@H](C)[C@](C)(Br)[C@@H](C[C@H]3O[C@H]3CC[C@H](N(C)C)[C@@H](C)O3)OC(=O)[C@@H]3CSC(=N3)[C@]1(C)N2. The quantitative estimate of drug-likeness (QED) is 0.202. The second kappa shape index (κ2) is 19.1. The number of alkyl halides is 1. The van der Waals surface area contributed by atoms with Crippen molar-refractivity contribution < 1.29 is 47.3 Å². The molecule has 0 amide bonds. The number of carbonyl (C=O) groups excluding carboxylic acids is 2. The molecule has 17 atom stereocenters. The number of thioether (sulfide) groups is 1. The monoisotopic (exact) mass is 944 g/mol. The Morgan fingerprint density at radius 3 is 2.20 bits per heavy atom. The number of methoxy groups -OCH3 is 1. The third kappa shape index (κ3) is 9.71. The predicted octanol–water partition coefficient (Wildman–Crippen LogP) is 4.89. The summed E-state index contributed by atoms with van der Waals surface area (Å²) < 4.78 is 51.9. The number of hydrogen-bond donors (Lipinski definition) is 2. The Morgan fingerprint density at radius 2 is 1.60 bits per heavy atom. The fourth-order valence-electron chi connectivity index (χ4n) is 9.92. The summed E-state index contributed by atoms with van der Waals surface area (Å²) in [7, 11) is 7.78. The number of aliphatic hydroxyl groups is 1. The van der Waals surface area contributed by atoms with E-state index in [2.05, 4.69) is 72.0 Å². The van der Waals surface area contributed by atoms with Crippen LogP contribution in [0.1, 0.15) is 93.4 Å². The summed E-state index contributed by atoms with van der Waals surface area (Å²) in [5.41, 5.74) is -2.81. The molecule has 0 aromatic rings. The minimum absolute atomic E-state index is 0.0287. The van der Waals surface area contributed by atoms with Crippen LogP contribution in [-0.4, -0.2) is 159 Å². The maximum absolute atomic E-state index is 14.6. The van der Waals surface area contributed by atoms with Gasteiger partial charge >= 0.3 is 5.97 Å². The third-order valence-corrected chi connectivity index (χ3v) is 18.2. The normalized spacial score (nSPS) is 47.6. The van der Waals surface area contributed by atoms with Gasteiger partial charge in [-0.2, -0.15) is 0 Å². The van der Waals surface area contributed by atoms with Gasteiger partial charge in [-0.1, -0.05) is 34.5 Å². The number of rotatable bonds is 7. The van der Waals surface area contributed by atoms with E-state index in [1.54, 1.807) is 6.92 Å². The smallest absolute Gasteiger partial charge is 0.332 e. The summed E-state index contributed by atoms with van der Waals surface area (Å²) in [6.07, 6.45) is 4.01. The molecule has 17 heteroatoms. The number of hydrogen-bond acceptors (Lipinski definition) is 15. The molecule has 0 radical (unpaired) electrons. The summed E-state index contributed by atoms with van der Waals surface area (Å²) in [5.74, 6) is -0.853. The van der Waals surface area contributed by atoms with Gasteiger partial charge in [0, 0.05) is 49.8 Å². The van der Waals surface area contributed by atoms with Gasteiger partial charge in [0.25, 0.3) is 0 Å². The fourth-order valence-corrected chi connectivity index (χ4v) is 13.3. The summed E-state index contributed by atoms with van der Waals surface area (Å²) in [4.78, 5) is 37.8. The van der Waals surface area contributed by atoms with Crippen LogP contribution in [0.15, 0.2) is 27.7 Å². The van der Waals surface area contributed by atoms with Crippen molar-refractivity contribution in [2.24, 2.45) is 16.8 Å². The van der Waals surface area contributed by atoms with Crippen molar-refractivity contribution >= 4 is 55.3 Å². The van der Waals surface area contributed by atoms with Crippen LogP contribution in [0.5, 0.6) is 0 Å². The number of aliphatic hydroxyl groups excluding tert-OH is 1. The molecule has 6 heterocycles. The summed E-state index contributed by atoms with van der Waals surface area (Å²) in [6.45, 7) is 13.7. The van der Waals surface area contributed by atoms with Crippen molar-refractivity contribution in [3.8, 4) is 0 Å². The molecule has 1 saturated carbocycles. The first-order valence-corrected chi connectivity index (χ1v) is 24.5. The Kier molecular flexibility index (Phi) is 15.3. The lowest BCUT2D eigenvalue weighted by Gasteiger charge is -2.50. The van der Waals surface area contributed by atoms with Crippen LogP contribution in [0.25, 0.3) is 0 Å². The zero-order valence-electron chi connectivity index (χ0n) is 37.5. The van der Waals surface area contributed by atoms with E-state index in [0.29, 0.717) is 30.1 Å². The fraction of sp³-hybridized carbons (Fsp3) is 0.837. The predicted molar refractivity (Wildman–Crippen MR) is 237 cm³/mol. The molecule has 14 nitrogen and oxygen atoms in total.